The Kier molecular flexibility index (Phi) is 5.22. The van der Waals surface area contributed by atoms with Gasteiger partial charge in [-0.15, -0.1) is 0 Å². The summed E-state index contributed by atoms with van der Waals surface area (Å²) >= 11 is 0. The van der Waals surface area contributed by atoms with E-state index in [0.717, 1.165) is 38.8 Å². The normalized spacial score (nSPS) is 33.8. The SMILES string of the molecule is CCCC1CC(C(=O)O)(N2CCCCCC2)CCO1. The third kappa shape index (κ3) is 3.29. The summed E-state index contributed by atoms with van der Waals surface area (Å²) in [7, 11) is 0. The lowest BCUT2D eigenvalue weighted by atomic mass is 9.83. The van der Waals surface area contributed by atoms with Crippen molar-refractivity contribution in [2.75, 3.05) is 19.7 Å². The fourth-order valence-corrected chi connectivity index (χ4v) is 3.55. The van der Waals surface area contributed by atoms with E-state index in [1.807, 2.05) is 0 Å². The quantitative estimate of drug-likeness (QED) is 0.852. The first kappa shape index (κ1) is 14.8. The van der Waals surface area contributed by atoms with Crippen molar-refractivity contribution in [1.82, 2.24) is 4.90 Å². The first-order valence-corrected chi connectivity index (χ1v) is 7.79. The van der Waals surface area contributed by atoms with Crippen LogP contribution in [0, 0.1) is 0 Å². The van der Waals surface area contributed by atoms with Crippen LogP contribution in [0.1, 0.15) is 58.3 Å². The van der Waals surface area contributed by atoms with Crippen molar-refractivity contribution in [2.45, 2.75) is 69.9 Å². The standard InChI is InChI=1S/C15H27NO3/c1-2-7-13-12-15(14(17)18,8-11-19-13)16-9-5-3-4-6-10-16/h13H,2-12H2,1H3,(H,17,18). The Bertz CT molecular complexity index is 298. The predicted octanol–water partition coefficient (Wildman–Crippen LogP) is 2.66. The highest BCUT2D eigenvalue weighted by Gasteiger charge is 2.47. The van der Waals surface area contributed by atoms with Gasteiger partial charge in [-0.05, 0) is 38.8 Å². The number of likely N-dealkylation sites (tertiary alicyclic amines) is 1. The van der Waals surface area contributed by atoms with Gasteiger partial charge in [0.1, 0.15) is 5.54 Å². The molecule has 1 N–H and O–H groups in total. The smallest absolute Gasteiger partial charge is 0.324 e. The fourth-order valence-electron chi connectivity index (χ4n) is 3.55. The molecule has 110 valence electrons. The molecule has 0 spiro atoms. The maximum absolute atomic E-state index is 11.9. The Morgan fingerprint density at radius 3 is 2.58 bits per heavy atom. The molecule has 2 fully saturated rings. The predicted molar refractivity (Wildman–Crippen MR) is 74.3 cm³/mol. The zero-order chi connectivity index (χ0) is 13.7. The topological polar surface area (TPSA) is 49.8 Å². The van der Waals surface area contributed by atoms with E-state index in [4.69, 9.17) is 4.74 Å². The summed E-state index contributed by atoms with van der Waals surface area (Å²) in [6, 6.07) is 0. The maximum atomic E-state index is 11.9. The number of hydrogen-bond acceptors (Lipinski definition) is 3. The summed E-state index contributed by atoms with van der Waals surface area (Å²) in [5, 5.41) is 9.82. The van der Waals surface area contributed by atoms with Crippen LogP contribution in [0.3, 0.4) is 0 Å². The first-order valence-electron chi connectivity index (χ1n) is 7.79. The molecular weight excluding hydrogens is 242 g/mol. The summed E-state index contributed by atoms with van der Waals surface area (Å²) in [4.78, 5) is 14.2. The zero-order valence-corrected chi connectivity index (χ0v) is 12.1. The molecule has 4 heteroatoms. The molecular formula is C15H27NO3. The number of aliphatic carboxylic acids is 1. The lowest BCUT2D eigenvalue weighted by Gasteiger charge is -2.45. The van der Waals surface area contributed by atoms with Crippen molar-refractivity contribution >= 4 is 5.97 Å². The van der Waals surface area contributed by atoms with Crippen LogP contribution in [0.4, 0.5) is 0 Å². The Morgan fingerprint density at radius 2 is 2.00 bits per heavy atom. The van der Waals surface area contributed by atoms with Crippen LogP contribution >= 0.6 is 0 Å². The largest absolute Gasteiger partial charge is 0.480 e. The summed E-state index contributed by atoms with van der Waals surface area (Å²) < 4.78 is 5.76. The van der Waals surface area contributed by atoms with Crippen molar-refractivity contribution in [3.8, 4) is 0 Å². The third-order valence-corrected chi connectivity index (χ3v) is 4.65. The molecule has 2 aliphatic heterocycles. The molecule has 0 aliphatic carbocycles. The van der Waals surface area contributed by atoms with Crippen molar-refractivity contribution < 1.29 is 14.6 Å². The second-order valence-electron chi connectivity index (χ2n) is 5.97. The lowest BCUT2D eigenvalue weighted by Crippen LogP contribution is -2.59. The van der Waals surface area contributed by atoms with Crippen LogP contribution in [-0.4, -0.2) is 47.3 Å². The van der Waals surface area contributed by atoms with Crippen LogP contribution in [0.15, 0.2) is 0 Å². The number of nitrogens with zero attached hydrogens (tertiary/aromatic N) is 1. The third-order valence-electron chi connectivity index (χ3n) is 4.65. The molecule has 0 saturated carbocycles. The molecule has 0 radical (unpaired) electrons. The van der Waals surface area contributed by atoms with Crippen LogP contribution in [0.25, 0.3) is 0 Å². The minimum Gasteiger partial charge on any atom is -0.480 e. The molecule has 0 aromatic heterocycles. The number of rotatable bonds is 4. The minimum atomic E-state index is -0.664. The van der Waals surface area contributed by atoms with Crippen molar-refractivity contribution in [3.05, 3.63) is 0 Å². The van der Waals surface area contributed by atoms with Gasteiger partial charge in [0.05, 0.1) is 6.10 Å². The van der Waals surface area contributed by atoms with Gasteiger partial charge in [-0.1, -0.05) is 26.2 Å². The number of carbonyl (C=O) groups is 1. The molecule has 0 aromatic rings. The van der Waals surface area contributed by atoms with Gasteiger partial charge < -0.3 is 9.84 Å². The molecule has 19 heavy (non-hydrogen) atoms. The molecule has 4 nitrogen and oxygen atoms in total. The van der Waals surface area contributed by atoms with Gasteiger partial charge in [0.25, 0.3) is 0 Å². The molecule has 2 heterocycles. The van der Waals surface area contributed by atoms with Gasteiger partial charge >= 0.3 is 5.97 Å². The highest BCUT2D eigenvalue weighted by atomic mass is 16.5. The van der Waals surface area contributed by atoms with Crippen molar-refractivity contribution in [1.29, 1.82) is 0 Å². The van der Waals surface area contributed by atoms with Crippen molar-refractivity contribution in [3.63, 3.8) is 0 Å². The number of hydrogen-bond donors (Lipinski definition) is 1. The molecule has 2 rings (SSSR count). The van der Waals surface area contributed by atoms with Gasteiger partial charge in [-0.25, -0.2) is 0 Å². The second-order valence-corrected chi connectivity index (χ2v) is 5.97. The van der Waals surface area contributed by atoms with E-state index in [1.54, 1.807) is 0 Å². The average Bonchev–Trinajstić information content (AvgIpc) is 2.68. The molecule has 0 bridgehead atoms. The Balaban J connectivity index is 2.13. The summed E-state index contributed by atoms with van der Waals surface area (Å²) in [6.45, 7) is 4.59. The van der Waals surface area contributed by atoms with E-state index in [1.165, 1.54) is 12.8 Å². The van der Waals surface area contributed by atoms with Crippen molar-refractivity contribution in [2.24, 2.45) is 0 Å². The number of carboxylic acid groups (broad SMARTS) is 1. The summed E-state index contributed by atoms with van der Waals surface area (Å²) in [6.07, 6.45) is 8.20. The molecule has 2 unspecified atom stereocenters. The highest BCUT2D eigenvalue weighted by Crippen LogP contribution is 2.34. The van der Waals surface area contributed by atoms with Gasteiger partial charge in [0.15, 0.2) is 0 Å². The monoisotopic (exact) mass is 269 g/mol. The highest BCUT2D eigenvalue weighted by molar-refractivity contribution is 5.79. The number of carboxylic acids is 1. The van der Waals surface area contributed by atoms with E-state index in [-0.39, 0.29) is 6.10 Å². The Hall–Kier alpha value is -0.610. The van der Waals surface area contributed by atoms with Crippen LogP contribution in [-0.2, 0) is 9.53 Å². The first-order chi connectivity index (χ1) is 9.19. The zero-order valence-electron chi connectivity index (χ0n) is 12.1. The second kappa shape index (κ2) is 6.71. The molecule has 0 aromatic carbocycles. The Labute approximate surface area is 116 Å². The van der Waals surface area contributed by atoms with Crippen LogP contribution in [0.5, 0.6) is 0 Å². The Morgan fingerprint density at radius 1 is 1.32 bits per heavy atom. The molecule has 2 atom stereocenters. The molecule has 2 saturated heterocycles. The minimum absolute atomic E-state index is 0.123. The van der Waals surface area contributed by atoms with Gasteiger partial charge in [0, 0.05) is 13.0 Å². The molecule has 2 aliphatic rings. The van der Waals surface area contributed by atoms with E-state index in [9.17, 15) is 9.90 Å². The van der Waals surface area contributed by atoms with Gasteiger partial charge in [0.2, 0.25) is 0 Å². The van der Waals surface area contributed by atoms with Gasteiger partial charge in [-0.3, -0.25) is 9.69 Å². The van der Waals surface area contributed by atoms with Crippen LogP contribution in [0.2, 0.25) is 0 Å². The van der Waals surface area contributed by atoms with Crippen LogP contribution < -0.4 is 0 Å². The average molecular weight is 269 g/mol. The van der Waals surface area contributed by atoms with E-state index >= 15 is 0 Å². The van der Waals surface area contributed by atoms with E-state index in [0.29, 0.717) is 19.4 Å². The van der Waals surface area contributed by atoms with E-state index < -0.39 is 11.5 Å². The maximum Gasteiger partial charge on any atom is 0.324 e. The van der Waals surface area contributed by atoms with Gasteiger partial charge in [-0.2, -0.15) is 0 Å². The molecule has 0 amide bonds. The van der Waals surface area contributed by atoms with E-state index in [2.05, 4.69) is 11.8 Å². The fraction of sp³-hybridized carbons (Fsp3) is 0.933. The lowest BCUT2D eigenvalue weighted by molar-refractivity contribution is -0.164. The summed E-state index contributed by atoms with van der Waals surface area (Å²) in [5.41, 5.74) is -0.664. The number of ether oxygens (including phenoxy) is 1. The summed E-state index contributed by atoms with van der Waals surface area (Å²) in [5.74, 6) is -0.640.